The molecule has 0 aliphatic carbocycles. The number of alkyl halides is 1. The Balaban J connectivity index is 3.13. The Morgan fingerprint density at radius 3 is 2.07 bits per heavy atom. The fraction of sp³-hybridized carbons (Fsp3) is 0.778. The molecular weight excluding hydrogens is 426 g/mol. The molecule has 172 valence electrons. The van der Waals surface area contributed by atoms with Crippen molar-refractivity contribution in [3.05, 3.63) is 0 Å². The first-order valence-corrected chi connectivity index (χ1v) is 9.84. The van der Waals surface area contributed by atoms with E-state index in [1.165, 1.54) is 20.8 Å². The number of carbonyl (C=O) groups is 4. The Labute approximate surface area is 179 Å². The van der Waals surface area contributed by atoms with Crippen LogP contribution in [-0.4, -0.2) is 86.8 Å². The van der Waals surface area contributed by atoms with Gasteiger partial charge in [-0.15, -0.1) is 11.6 Å². The van der Waals surface area contributed by atoms with E-state index >= 15 is 0 Å². The fourth-order valence-electron chi connectivity index (χ4n) is 2.81. The lowest BCUT2D eigenvalue weighted by atomic mass is 9.96. The molecule has 5 atom stereocenters. The van der Waals surface area contributed by atoms with Crippen molar-refractivity contribution >= 4 is 35.4 Å². The molecule has 0 unspecified atom stereocenters. The van der Waals surface area contributed by atoms with Crippen molar-refractivity contribution in [1.29, 1.82) is 0 Å². The molecule has 1 amide bonds. The maximum atomic E-state index is 11.8. The molecule has 1 fully saturated rings. The zero-order chi connectivity index (χ0) is 22.7. The number of carbonyl (C=O) groups excluding carboxylic acids is 4. The maximum Gasteiger partial charge on any atom is 0.303 e. The minimum atomic E-state index is -1.16. The second kappa shape index (κ2) is 13.4. The van der Waals surface area contributed by atoms with Gasteiger partial charge in [0.25, 0.3) is 0 Å². The van der Waals surface area contributed by atoms with Crippen molar-refractivity contribution in [2.24, 2.45) is 0 Å². The van der Waals surface area contributed by atoms with Gasteiger partial charge in [-0.2, -0.15) is 0 Å². The van der Waals surface area contributed by atoms with E-state index in [1.807, 2.05) is 0 Å². The second-order valence-electron chi connectivity index (χ2n) is 6.39. The molecule has 11 nitrogen and oxygen atoms in total. The quantitative estimate of drug-likeness (QED) is 0.196. The van der Waals surface area contributed by atoms with Crippen LogP contribution < -0.4 is 5.32 Å². The van der Waals surface area contributed by atoms with Crippen LogP contribution in [0.4, 0.5) is 0 Å². The Morgan fingerprint density at radius 2 is 1.53 bits per heavy atom. The summed E-state index contributed by atoms with van der Waals surface area (Å²) in [6, 6.07) is -1.00. The molecule has 0 saturated carbocycles. The van der Waals surface area contributed by atoms with Crippen LogP contribution in [0.5, 0.6) is 0 Å². The Bertz CT molecular complexity index is 602. The molecule has 0 spiro atoms. The number of hydrogen-bond acceptors (Lipinski definition) is 10. The van der Waals surface area contributed by atoms with Gasteiger partial charge in [-0.05, 0) is 0 Å². The Kier molecular flexibility index (Phi) is 11.6. The summed E-state index contributed by atoms with van der Waals surface area (Å²) in [6.45, 7) is 5.10. The lowest BCUT2D eigenvalue weighted by Crippen LogP contribution is -2.66. The van der Waals surface area contributed by atoms with Crippen molar-refractivity contribution in [3.8, 4) is 0 Å². The average Bonchev–Trinajstić information content (AvgIpc) is 2.63. The molecule has 12 heteroatoms. The summed E-state index contributed by atoms with van der Waals surface area (Å²) in [5, 5.41) is 2.60. The third kappa shape index (κ3) is 9.24. The van der Waals surface area contributed by atoms with E-state index in [1.54, 1.807) is 0 Å². The fourth-order valence-corrected chi connectivity index (χ4v) is 2.92. The molecule has 0 aromatic heterocycles. The van der Waals surface area contributed by atoms with Gasteiger partial charge in [-0.1, -0.05) is 0 Å². The second-order valence-corrected chi connectivity index (χ2v) is 6.77. The highest BCUT2D eigenvalue weighted by Gasteiger charge is 2.51. The summed E-state index contributed by atoms with van der Waals surface area (Å²) in [5.41, 5.74) is 0. The van der Waals surface area contributed by atoms with Crippen molar-refractivity contribution in [3.63, 3.8) is 0 Å². The van der Waals surface area contributed by atoms with Crippen molar-refractivity contribution in [2.45, 2.75) is 58.3 Å². The largest absolute Gasteiger partial charge is 0.463 e. The van der Waals surface area contributed by atoms with E-state index in [0.717, 1.165) is 6.92 Å². The van der Waals surface area contributed by atoms with Crippen LogP contribution in [0.2, 0.25) is 0 Å². The molecule has 1 aliphatic heterocycles. The summed E-state index contributed by atoms with van der Waals surface area (Å²) < 4.78 is 32.4. The van der Waals surface area contributed by atoms with Gasteiger partial charge in [-0.3, -0.25) is 19.2 Å². The van der Waals surface area contributed by atoms with Crippen molar-refractivity contribution in [1.82, 2.24) is 5.32 Å². The zero-order valence-corrected chi connectivity index (χ0v) is 18.1. The van der Waals surface area contributed by atoms with Crippen LogP contribution >= 0.6 is 11.6 Å². The highest BCUT2D eigenvalue weighted by molar-refractivity contribution is 6.17. The molecular formula is C18H28ClNO10. The molecule has 0 bridgehead atoms. The maximum absolute atomic E-state index is 11.8. The van der Waals surface area contributed by atoms with E-state index in [9.17, 15) is 19.2 Å². The number of hydrogen-bond donors (Lipinski definition) is 1. The van der Waals surface area contributed by atoms with E-state index in [2.05, 4.69) is 5.32 Å². The van der Waals surface area contributed by atoms with Crippen LogP contribution in [-0.2, 0) is 47.6 Å². The molecule has 1 N–H and O–H groups in total. The summed E-state index contributed by atoms with van der Waals surface area (Å²) >= 11 is 5.54. The highest BCUT2D eigenvalue weighted by atomic mass is 35.5. The smallest absolute Gasteiger partial charge is 0.303 e. The van der Waals surface area contributed by atoms with Gasteiger partial charge >= 0.3 is 17.9 Å². The SMILES string of the molecule is CC(=O)N[C@@H]1[C@@H](OCCOCCCl)O[C@@H](COC(C)=O)[C@@H](OC(C)=O)[C@@H]1OC(C)=O. The number of nitrogens with one attached hydrogen (secondary N) is 1. The average molecular weight is 454 g/mol. The first-order valence-electron chi connectivity index (χ1n) is 9.31. The Morgan fingerprint density at radius 1 is 0.900 bits per heavy atom. The lowest BCUT2D eigenvalue weighted by Gasteiger charge is -2.44. The molecule has 30 heavy (non-hydrogen) atoms. The van der Waals surface area contributed by atoms with Crippen LogP contribution in [0.1, 0.15) is 27.7 Å². The number of amides is 1. The molecule has 0 aromatic carbocycles. The van der Waals surface area contributed by atoms with Gasteiger partial charge in [0.05, 0.1) is 19.8 Å². The van der Waals surface area contributed by atoms with Gasteiger partial charge in [-0.25, -0.2) is 0 Å². The number of esters is 3. The van der Waals surface area contributed by atoms with E-state index in [-0.39, 0.29) is 19.8 Å². The molecule has 1 heterocycles. The summed E-state index contributed by atoms with van der Waals surface area (Å²) in [6.07, 6.45) is -4.43. The lowest BCUT2D eigenvalue weighted by molar-refractivity contribution is -0.279. The number of rotatable bonds is 11. The number of ether oxygens (including phenoxy) is 6. The third-order valence-corrected chi connectivity index (χ3v) is 3.96. The molecule has 1 aliphatic rings. The first kappa shape index (κ1) is 26.1. The van der Waals surface area contributed by atoms with Crippen LogP contribution in [0.3, 0.4) is 0 Å². The van der Waals surface area contributed by atoms with E-state index in [4.69, 9.17) is 40.0 Å². The van der Waals surface area contributed by atoms with Crippen LogP contribution in [0.15, 0.2) is 0 Å². The molecule has 0 radical (unpaired) electrons. The van der Waals surface area contributed by atoms with Crippen molar-refractivity contribution in [2.75, 3.05) is 32.3 Å². The normalized spacial score (nSPS) is 25.8. The summed E-state index contributed by atoms with van der Waals surface area (Å²) in [7, 11) is 0. The van der Waals surface area contributed by atoms with Gasteiger partial charge in [0.15, 0.2) is 18.5 Å². The predicted molar refractivity (Wildman–Crippen MR) is 101 cm³/mol. The minimum absolute atomic E-state index is 0.0724. The summed E-state index contributed by atoms with van der Waals surface area (Å²) in [4.78, 5) is 46.4. The molecule has 1 rings (SSSR count). The highest BCUT2D eigenvalue weighted by Crippen LogP contribution is 2.28. The third-order valence-electron chi connectivity index (χ3n) is 3.80. The monoisotopic (exact) mass is 453 g/mol. The van der Waals surface area contributed by atoms with Gasteiger partial charge in [0.2, 0.25) is 5.91 Å². The number of halogens is 1. The van der Waals surface area contributed by atoms with E-state index < -0.39 is 54.5 Å². The molecule has 0 aromatic rings. The minimum Gasteiger partial charge on any atom is -0.463 e. The predicted octanol–water partition coefficient (Wildman–Crippen LogP) is -0.0855. The van der Waals surface area contributed by atoms with Crippen LogP contribution in [0, 0.1) is 0 Å². The molecule has 1 saturated heterocycles. The van der Waals surface area contributed by atoms with Crippen molar-refractivity contribution < 1.29 is 47.6 Å². The van der Waals surface area contributed by atoms with Gasteiger partial charge in [0, 0.05) is 33.6 Å². The zero-order valence-electron chi connectivity index (χ0n) is 17.4. The topological polar surface area (TPSA) is 136 Å². The summed E-state index contributed by atoms with van der Waals surface area (Å²) in [5.74, 6) is -2.07. The van der Waals surface area contributed by atoms with Gasteiger partial charge < -0.3 is 33.7 Å². The van der Waals surface area contributed by atoms with Crippen LogP contribution in [0.25, 0.3) is 0 Å². The van der Waals surface area contributed by atoms with Gasteiger partial charge in [0.1, 0.15) is 18.8 Å². The standard InChI is InChI=1S/C18H28ClNO10/c1-10(21)20-15-17(29-13(4)24)16(28-12(3)23)14(9-27-11(2)22)30-18(15)26-8-7-25-6-5-19/h14-18H,5-9H2,1-4H3,(H,20,21)/t14-,15-,16+,17+,18-/m0/s1. The first-order chi connectivity index (χ1) is 14.1. The van der Waals surface area contributed by atoms with E-state index in [0.29, 0.717) is 12.5 Å². The Hall–Kier alpha value is -1.95.